The van der Waals surface area contributed by atoms with Crippen molar-refractivity contribution in [1.82, 2.24) is 14.8 Å². The summed E-state index contributed by atoms with van der Waals surface area (Å²) in [5, 5.41) is 9.08. The lowest BCUT2D eigenvalue weighted by Gasteiger charge is -2.24. The van der Waals surface area contributed by atoms with E-state index in [0.29, 0.717) is 17.6 Å². The molecule has 0 amide bonds. The summed E-state index contributed by atoms with van der Waals surface area (Å²) in [7, 11) is -2.86. The van der Waals surface area contributed by atoms with Gasteiger partial charge in [0.1, 0.15) is 9.84 Å². The minimum Gasteiger partial charge on any atom is -0.296 e. The molecular weight excluding hydrogens is 302 g/mol. The van der Waals surface area contributed by atoms with Crippen molar-refractivity contribution in [2.24, 2.45) is 0 Å². The molecule has 0 radical (unpaired) electrons. The Morgan fingerprint density at radius 3 is 2.79 bits per heavy atom. The number of hydrogen-bond acceptors (Lipinski definition) is 5. The Balaban J connectivity index is 1.98. The highest BCUT2D eigenvalue weighted by molar-refractivity contribution is 7.91. The summed E-state index contributed by atoms with van der Waals surface area (Å²) in [6.07, 6.45) is 1.21. The van der Waals surface area contributed by atoms with E-state index < -0.39 is 9.84 Å². The molecule has 0 atom stereocenters. The smallest absolute Gasteiger partial charge is 0.195 e. The zero-order valence-corrected chi connectivity index (χ0v) is 12.5. The molecule has 2 aromatic heterocycles. The zero-order chi connectivity index (χ0) is 13.5. The van der Waals surface area contributed by atoms with Gasteiger partial charge in [-0.1, -0.05) is 6.07 Å². The van der Waals surface area contributed by atoms with Crippen LogP contribution >= 0.6 is 23.6 Å². The van der Waals surface area contributed by atoms with Gasteiger partial charge in [0.05, 0.1) is 16.4 Å². The third-order valence-corrected chi connectivity index (χ3v) is 6.20. The maximum Gasteiger partial charge on any atom is 0.195 e. The first-order valence-electron chi connectivity index (χ1n) is 5.98. The van der Waals surface area contributed by atoms with Crippen LogP contribution in [0.15, 0.2) is 17.5 Å². The number of aromatic amines is 1. The highest BCUT2D eigenvalue weighted by atomic mass is 32.2. The van der Waals surface area contributed by atoms with Crippen molar-refractivity contribution in [1.29, 1.82) is 0 Å². The summed E-state index contributed by atoms with van der Waals surface area (Å²) in [5.41, 5.74) is 0. The summed E-state index contributed by atoms with van der Waals surface area (Å²) in [5.74, 6) is 1.27. The fourth-order valence-corrected chi connectivity index (χ4v) is 4.82. The molecular formula is C11H13N3O2S3. The molecule has 0 unspecified atom stereocenters. The first-order valence-corrected chi connectivity index (χ1v) is 9.09. The molecule has 1 aliphatic heterocycles. The van der Waals surface area contributed by atoms with Crippen molar-refractivity contribution >= 4 is 33.4 Å². The van der Waals surface area contributed by atoms with Crippen molar-refractivity contribution in [2.75, 3.05) is 11.5 Å². The molecule has 1 aliphatic rings. The second-order valence-electron chi connectivity index (χ2n) is 4.58. The van der Waals surface area contributed by atoms with E-state index in [2.05, 4.69) is 10.2 Å². The Labute approximate surface area is 120 Å². The molecule has 8 heteroatoms. The molecule has 0 aliphatic carbocycles. The van der Waals surface area contributed by atoms with Gasteiger partial charge in [0, 0.05) is 6.04 Å². The number of H-pyrrole nitrogens is 1. The van der Waals surface area contributed by atoms with Gasteiger partial charge in [0.2, 0.25) is 0 Å². The standard InChI is InChI=1S/C11H13N3O2S3/c15-19(16)6-3-8(4-7-19)14-10(12-13-11(14)17)9-2-1-5-18-9/h1-2,5,8H,3-4,6-7H2,(H,13,17). The van der Waals surface area contributed by atoms with Gasteiger partial charge >= 0.3 is 0 Å². The number of hydrogen-bond donors (Lipinski definition) is 1. The first kappa shape index (κ1) is 13.0. The van der Waals surface area contributed by atoms with Crippen LogP contribution in [0.25, 0.3) is 10.7 Å². The molecule has 0 aromatic carbocycles. The van der Waals surface area contributed by atoms with E-state index in [-0.39, 0.29) is 17.5 Å². The molecule has 1 saturated heterocycles. The van der Waals surface area contributed by atoms with Gasteiger partial charge in [0.15, 0.2) is 10.6 Å². The van der Waals surface area contributed by atoms with Crippen LogP contribution in [0.1, 0.15) is 18.9 Å². The highest BCUT2D eigenvalue weighted by Gasteiger charge is 2.27. The number of aromatic nitrogens is 3. The minimum atomic E-state index is -2.86. The molecule has 1 fully saturated rings. The van der Waals surface area contributed by atoms with Crippen molar-refractivity contribution < 1.29 is 8.42 Å². The molecule has 3 heterocycles. The lowest BCUT2D eigenvalue weighted by molar-refractivity contribution is 0.449. The Kier molecular flexibility index (Phi) is 3.32. The molecule has 1 N–H and O–H groups in total. The van der Waals surface area contributed by atoms with Gasteiger partial charge in [-0.3, -0.25) is 9.67 Å². The van der Waals surface area contributed by atoms with Crippen molar-refractivity contribution in [3.8, 4) is 10.7 Å². The molecule has 2 aromatic rings. The molecule has 0 saturated carbocycles. The second kappa shape index (κ2) is 4.84. The van der Waals surface area contributed by atoms with Gasteiger partial charge in [-0.15, -0.1) is 11.3 Å². The average molecular weight is 315 g/mol. The van der Waals surface area contributed by atoms with E-state index >= 15 is 0 Å². The largest absolute Gasteiger partial charge is 0.296 e. The van der Waals surface area contributed by atoms with E-state index in [1.165, 1.54) is 0 Å². The second-order valence-corrected chi connectivity index (χ2v) is 8.22. The van der Waals surface area contributed by atoms with Crippen LogP contribution in [0.3, 0.4) is 0 Å². The number of nitrogens with one attached hydrogen (secondary N) is 1. The normalized spacial score (nSPS) is 19.6. The molecule has 5 nitrogen and oxygen atoms in total. The van der Waals surface area contributed by atoms with Crippen LogP contribution in [-0.4, -0.2) is 34.7 Å². The first-order chi connectivity index (χ1) is 9.07. The SMILES string of the molecule is O=S1(=O)CCC(n2c(-c3cccs3)n[nH]c2=S)CC1. The van der Waals surface area contributed by atoms with Crippen LogP contribution in [0.5, 0.6) is 0 Å². The molecule has 3 rings (SSSR count). The Bertz CT molecular complexity index is 714. The van der Waals surface area contributed by atoms with E-state index in [0.717, 1.165) is 10.7 Å². The summed E-state index contributed by atoms with van der Waals surface area (Å²) in [6, 6.07) is 4.07. The van der Waals surface area contributed by atoms with E-state index in [4.69, 9.17) is 12.2 Å². The van der Waals surface area contributed by atoms with Crippen LogP contribution in [0.2, 0.25) is 0 Å². The lowest BCUT2D eigenvalue weighted by Crippen LogP contribution is -2.26. The van der Waals surface area contributed by atoms with Crippen molar-refractivity contribution in [2.45, 2.75) is 18.9 Å². The van der Waals surface area contributed by atoms with Gasteiger partial charge in [-0.05, 0) is 36.5 Å². The van der Waals surface area contributed by atoms with Crippen molar-refractivity contribution in [3.05, 3.63) is 22.3 Å². The lowest BCUT2D eigenvalue weighted by atomic mass is 10.1. The predicted octanol–water partition coefficient (Wildman–Crippen LogP) is 2.42. The number of nitrogens with zero attached hydrogens (tertiary/aromatic N) is 2. The monoisotopic (exact) mass is 315 g/mol. The van der Waals surface area contributed by atoms with Crippen LogP contribution in [-0.2, 0) is 9.84 Å². The zero-order valence-electron chi connectivity index (χ0n) is 10.1. The summed E-state index contributed by atoms with van der Waals surface area (Å²) >= 11 is 6.88. The number of sulfone groups is 1. The van der Waals surface area contributed by atoms with Gasteiger partial charge < -0.3 is 0 Å². The fraction of sp³-hybridized carbons (Fsp3) is 0.455. The minimum absolute atomic E-state index is 0.117. The third-order valence-electron chi connectivity index (χ3n) is 3.34. The van der Waals surface area contributed by atoms with Crippen LogP contribution < -0.4 is 0 Å². The summed E-state index contributed by atoms with van der Waals surface area (Å²) < 4.78 is 25.5. The van der Waals surface area contributed by atoms with Crippen LogP contribution in [0.4, 0.5) is 0 Å². The van der Waals surface area contributed by atoms with Crippen molar-refractivity contribution in [3.63, 3.8) is 0 Å². The molecule has 19 heavy (non-hydrogen) atoms. The quantitative estimate of drug-likeness (QED) is 0.864. The number of thiophene rings is 1. The highest BCUT2D eigenvalue weighted by Crippen LogP contribution is 2.30. The maximum atomic E-state index is 11.5. The average Bonchev–Trinajstić information content (AvgIpc) is 2.98. The Hall–Kier alpha value is -0.990. The Morgan fingerprint density at radius 2 is 2.16 bits per heavy atom. The fourth-order valence-electron chi connectivity index (χ4n) is 2.36. The Morgan fingerprint density at radius 1 is 1.42 bits per heavy atom. The molecule has 0 spiro atoms. The molecule has 102 valence electrons. The van der Waals surface area contributed by atoms with Gasteiger partial charge in [-0.2, -0.15) is 5.10 Å². The summed E-state index contributed by atoms with van der Waals surface area (Å²) in [6.45, 7) is 0. The topological polar surface area (TPSA) is 67.8 Å². The maximum absolute atomic E-state index is 11.5. The summed E-state index contributed by atoms with van der Waals surface area (Å²) in [4.78, 5) is 1.04. The van der Waals surface area contributed by atoms with Crippen LogP contribution in [0, 0.1) is 4.77 Å². The van der Waals surface area contributed by atoms with E-state index in [9.17, 15) is 8.42 Å². The predicted molar refractivity (Wildman–Crippen MR) is 77.6 cm³/mol. The van der Waals surface area contributed by atoms with E-state index in [1.807, 2.05) is 22.1 Å². The van der Waals surface area contributed by atoms with Gasteiger partial charge in [-0.25, -0.2) is 8.42 Å². The van der Waals surface area contributed by atoms with E-state index in [1.54, 1.807) is 11.3 Å². The molecule has 0 bridgehead atoms. The van der Waals surface area contributed by atoms with Gasteiger partial charge in [0.25, 0.3) is 0 Å². The number of rotatable bonds is 2. The third kappa shape index (κ3) is 2.52.